The minimum absolute atomic E-state index is 0.0274. The zero-order chi connectivity index (χ0) is 21.3. The van der Waals surface area contributed by atoms with Gasteiger partial charge < -0.3 is 19.2 Å². The van der Waals surface area contributed by atoms with Crippen molar-refractivity contribution in [3.05, 3.63) is 47.9 Å². The number of fused-ring (bicyclic) bond motifs is 1. The van der Waals surface area contributed by atoms with Crippen LogP contribution in [-0.4, -0.2) is 47.6 Å². The van der Waals surface area contributed by atoms with Crippen LogP contribution >= 0.6 is 0 Å². The molecule has 0 unspecified atom stereocenters. The first-order valence-electron chi connectivity index (χ1n) is 10.6. The van der Waals surface area contributed by atoms with Gasteiger partial charge in [-0.15, -0.1) is 0 Å². The molecule has 2 aliphatic rings. The number of rotatable bonds is 5. The summed E-state index contributed by atoms with van der Waals surface area (Å²) in [5.41, 5.74) is 1.07. The number of anilines is 1. The highest BCUT2D eigenvalue weighted by atomic mass is 16.5. The molecular formula is C23H28N2O5. The highest BCUT2D eigenvalue weighted by Gasteiger charge is 2.36. The van der Waals surface area contributed by atoms with Crippen molar-refractivity contribution < 1.29 is 23.8 Å². The zero-order valence-corrected chi connectivity index (χ0v) is 17.4. The molecule has 0 saturated carbocycles. The van der Waals surface area contributed by atoms with Gasteiger partial charge in [-0.3, -0.25) is 14.5 Å². The Hall–Kier alpha value is -2.80. The van der Waals surface area contributed by atoms with Crippen LogP contribution in [0.15, 0.2) is 41.0 Å². The number of aliphatic hydroxyl groups excluding tert-OH is 1. The minimum Gasteiger partial charge on any atom is -0.478 e. The lowest BCUT2D eigenvalue weighted by atomic mass is 9.99. The van der Waals surface area contributed by atoms with Gasteiger partial charge in [0, 0.05) is 13.1 Å². The Balaban J connectivity index is 1.61. The molecule has 0 aliphatic carbocycles. The Kier molecular flexibility index (Phi) is 5.81. The topological polar surface area (TPSA) is 83.2 Å². The van der Waals surface area contributed by atoms with Crippen LogP contribution in [-0.2, 0) is 9.59 Å². The van der Waals surface area contributed by atoms with Crippen LogP contribution < -0.4 is 9.64 Å². The summed E-state index contributed by atoms with van der Waals surface area (Å²) < 4.78 is 11.2. The van der Waals surface area contributed by atoms with Crippen LogP contribution in [0.25, 0.3) is 0 Å². The molecule has 3 heterocycles. The first-order chi connectivity index (χ1) is 14.5. The molecule has 30 heavy (non-hydrogen) atoms. The summed E-state index contributed by atoms with van der Waals surface area (Å²) in [6.07, 6.45) is 2.39. The van der Waals surface area contributed by atoms with E-state index in [1.54, 1.807) is 30.3 Å². The highest BCUT2D eigenvalue weighted by molar-refractivity contribution is 6.04. The number of likely N-dealkylation sites (tertiary alicyclic amines) is 1. The van der Waals surface area contributed by atoms with Gasteiger partial charge in [-0.25, -0.2) is 0 Å². The first kappa shape index (κ1) is 20.5. The standard InChI is InChI=1S/C23H28N2O5/c1-3-18-23(28)25(14-21(26)24-10-8-15(2)9-11-24)17-13-16(6-7-19(17)30-18)22(27)20-5-4-12-29-20/h4-7,12-13,15,18,22,27H,3,8-11,14H2,1-2H3/t18-,22-/m0/s1. The SMILES string of the molecule is CC[C@@H]1Oc2ccc([C@H](O)c3ccco3)cc2N(CC(=O)N2CCC(C)CC2)C1=O. The van der Waals surface area contributed by atoms with Crippen molar-refractivity contribution in [1.82, 2.24) is 4.90 Å². The first-order valence-corrected chi connectivity index (χ1v) is 10.6. The number of hydrogen-bond donors (Lipinski definition) is 1. The van der Waals surface area contributed by atoms with Crippen LogP contribution in [0.2, 0.25) is 0 Å². The van der Waals surface area contributed by atoms with E-state index < -0.39 is 12.2 Å². The van der Waals surface area contributed by atoms with Crippen LogP contribution in [0.3, 0.4) is 0 Å². The molecule has 2 amide bonds. The van der Waals surface area contributed by atoms with E-state index in [9.17, 15) is 14.7 Å². The maximum Gasteiger partial charge on any atom is 0.268 e. The summed E-state index contributed by atoms with van der Waals surface area (Å²) >= 11 is 0. The number of furan rings is 1. The second kappa shape index (κ2) is 8.52. The van der Waals surface area contributed by atoms with E-state index in [4.69, 9.17) is 9.15 Å². The fourth-order valence-electron chi connectivity index (χ4n) is 4.04. The quantitative estimate of drug-likeness (QED) is 0.816. The molecule has 1 aromatic heterocycles. The smallest absolute Gasteiger partial charge is 0.268 e. The van der Waals surface area contributed by atoms with Crippen molar-refractivity contribution >= 4 is 17.5 Å². The normalized spacial score (nSPS) is 20.6. The number of benzene rings is 1. The lowest BCUT2D eigenvalue weighted by Crippen LogP contribution is -2.51. The Bertz CT molecular complexity index is 902. The number of carbonyl (C=O) groups is 2. The minimum atomic E-state index is -0.967. The number of amides is 2. The second-order valence-electron chi connectivity index (χ2n) is 8.15. The molecular weight excluding hydrogens is 384 g/mol. The van der Waals surface area contributed by atoms with E-state index in [-0.39, 0.29) is 18.4 Å². The molecule has 1 saturated heterocycles. The summed E-state index contributed by atoms with van der Waals surface area (Å²) in [7, 11) is 0. The third kappa shape index (κ3) is 3.94. The molecule has 0 bridgehead atoms. The summed E-state index contributed by atoms with van der Waals surface area (Å²) in [5.74, 6) is 1.28. The largest absolute Gasteiger partial charge is 0.478 e. The van der Waals surface area contributed by atoms with E-state index in [2.05, 4.69) is 6.92 Å². The fraction of sp³-hybridized carbons (Fsp3) is 0.478. The van der Waals surface area contributed by atoms with Gasteiger partial charge in [0.1, 0.15) is 24.2 Å². The van der Waals surface area contributed by atoms with E-state index in [1.165, 1.54) is 11.2 Å². The van der Waals surface area contributed by atoms with Gasteiger partial charge in [0.2, 0.25) is 5.91 Å². The van der Waals surface area contributed by atoms with Crippen LogP contribution in [0.1, 0.15) is 50.5 Å². The number of carbonyl (C=O) groups excluding carboxylic acids is 2. The molecule has 0 radical (unpaired) electrons. The Morgan fingerprint density at radius 2 is 2.03 bits per heavy atom. The van der Waals surface area contributed by atoms with Gasteiger partial charge in [-0.1, -0.05) is 19.9 Å². The zero-order valence-electron chi connectivity index (χ0n) is 17.4. The second-order valence-corrected chi connectivity index (χ2v) is 8.15. The van der Waals surface area contributed by atoms with Crippen molar-refractivity contribution in [3.63, 3.8) is 0 Å². The van der Waals surface area contributed by atoms with Crippen molar-refractivity contribution in [2.75, 3.05) is 24.5 Å². The molecule has 7 heteroatoms. The van der Waals surface area contributed by atoms with E-state index in [0.29, 0.717) is 35.1 Å². The summed E-state index contributed by atoms with van der Waals surface area (Å²) in [6.45, 7) is 5.50. The van der Waals surface area contributed by atoms with Crippen molar-refractivity contribution in [1.29, 1.82) is 0 Å². The average Bonchev–Trinajstić information content (AvgIpc) is 3.30. The number of nitrogens with zero attached hydrogens (tertiary/aromatic N) is 2. The van der Waals surface area contributed by atoms with Crippen LogP contribution in [0, 0.1) is 5.92 Å². The van der Waals surface area contributed by atoms with E-state index in [0.717, 1.165) is 25.9 Å². The predicted octanol–water partition coefficient (Wildman–Crippen LogP) is 3.12. The monoisotopic (exact) mass is 412 g/mol. The number of ether oxygens (including phenoxy) is 1. The molecule has 1 fully saturated rings. The summed E-state index contributed by atoms with van der Waals surface area (Å²) in [5, 5.41) is 10.6. The molecule has 2 atom stereocenters. The van der Waals surface area contributed by atoms with Crippen molar-refractivity contribution in [2.45, 2.75) is 45.3 Å². The lowest BCUT2D eigenvalue weighted by Gasteiger charge is -2.36. The van der Waals surface area contributed by atoms with Crippen LogP contribution in [0.4, 0.5) is 5.69 Å². The fourth-order valence-corrected chi connectivity index (χ4v) is 4.04. The number of aliphatic hydroxyl groups is 1. The number of hydrogen-bond acceptors (Lipinski definition) is 5. The van der Waals surface area contributed by atoms with Crippen molar-refractivity contribution in [3.8, 4) is 5.75 Å². The summed E-state index contributed by atoms with van der Waals surface area (Å²) in [6, 6.07) is 8.60. The molecule has 1 N–H and O–H groups in total. The van der Waals surface area contributed by atoms with Crippen molar-refractivity contribution in [2.24, 2.45) is 5.92 Å². The molecule has 160 valence electrons. The molecule has 1 aromatic carbocycles. The van der Waals surface area contributed by atoms with Gasteiger partial charge in [-0.2, -0.15) is 0 Å². The average molecular weight is 412 g/mol. The lowest BCUT2D eigenvalue weighted by molar-refractivity contribution is -0.134. The van der Waals surface area contributed by atoms with E-state index >= 15 is 0 Å². The Morgan fingerprint density at radius 3 is 2.70 bits per heavy atom. The van der Waals surface area contributed by atoms with Gasteiger partial charge in [0.25, 0.3) is 5.91 Å². The van der Waals surface area contributed by atoms with Gasteiger partial charge in [-0.05, 0) is 55.0 Å². The maximum atomic E-state index is 13.0. The maximum absolute atomic E-state index is 13.0. The van der Waals surface area contributed by atoms with Gasteiger partial charge in [0.05, 0.1) is 12.0 Å². The van der Waals surface area contributed by atoms with Crippen LogP contribution in [0.5, 0.6) is 5.75 Å². The summed E-state index contributed by atoms with van der Waals surface area (Å²) in [4.78, 5) is 29.3. The highest BCUT2D eigenvalue weighted by Crippen LogP contribution is 2.38. The molecule has 7 nitrogen and oxygen atoms in total. The Morgan fingerprint density at radius 1 is 1.27 bits per heavy atom. The Labute approximate surface area is 176 Å². The third-order valence-corrected chi connectivity index (χ3v) is 6.01. The molecule has 2 aromatic rings. The van der Waals surface area contributed by atoms with E-state index in [1.807, 2.05) is 11.8 Å². The van der Waals surface area contributed by atoms with Gasteiger partial charge >= 0.3 is 0 Å². The third-order valence-electron chi connectivity index (χ3n) is 6.01. The number of piperidine rings is 1. The predicted molar refractivity (Wildman–Crippen MR) is 111 cm³/mol. The molecule has 0 spiro atoms. The van der Waals surface area contributed by atoms with Gasteiger partial charge in [0.15, 0.2) is 6.10 Å². The molecule has 2 aliphatic heterocycles. The molecule has 4 rings (SSSR count).